The number of ether oxygens (including phenoxy) is 1. The molecule has 0 radical (unpaired) electrons. The van der Waals surface area contributed by atoms with Crippen LogP contribution in [0.1, 0.15) is 18.5 Å². The lowest BCUT2D eigenvalue weighted by Crippen LogP contribution is -2.26. The number of likely N-dealkylation sites (N-methyl/N-ethyl adjacent to an activating group) is 1. The summed E-state index contributed by atoms with van der Waals surface area (Å²) in [5.41, 5.74) is 0.964. The van der Waals surface area contributed by atoms with E-state index >= 15 is 0 Å². The summed E-state index contributed by atoms with van der Waals surface area (Å²) in [6.45, 7) is 2.22. The van der Waals surface area contributed by atoms with Crippen molar-refractivity contribution in [2.24, 2.45) is 0 Å². The molecule has 0 bridgehead atoms. The molecule has 0 aliphatic heterocycles. The lowest BCUT2D eigenvalue weighted by Gasteiger charge is -2.12. The smallest absolute Gasteiger partial charge is 0.327 e. The molecule has 0 saturated carbocycles. The number of carbonyl (C=O) groups is 1. The van der Waals surface area contributed by atoms with Gasteiger partial charge in [-0.3, -0.25) is 0 Å². The first-order valence-corrected chi connectivity index (χ1v) is 5.09. The van der Waals surface area contributed by atoms with Crippen molar-refractivity contribution in [1.29, 1.82) is 0 Å². The fraction of sp³-hybridized carbons (Fsp3) is 0.444. The second kappa shape index (κ2) is 4.99. The number of hydrogen-bond acceptors (Lipinski definition) is 4. The standard InChI is InChI=1S/C9H13NO2S/c1-3-12-9(11)8(10-2)7-4-5-13-6-7/h4-6,8,10H,3H2,1-2H3/t8-/m0/s1. The molecule has 0 unspecified atom stereocenters. The zero-order valence-corrected chi connectivity index (χ0v) is 8.56. The van der Waals surface area contributed by atoms with E-state index in [0.29, 0.717) is 6.61 Å². The summed E-state index contributed by atoms with van der Waals surface area (Å²) in [6.07, 6.45) is 0. The van der Waals surface area contributed by atoms with Gasteiger partial charge in [-0.2, -0.15) is 11.3 Å². The molecule has 3 nitrogen and oxygen atoms in total. The number of nitrogens with one attached hydrogen (secondary N) is 1. The summed E-state index contributed by atoms with van der Waals surface area (Å²) in [6, 6.07) is 1.59. The molecule has 1 N–H and O–H groups in total. The van der Waals surface area contributed by atoms with Crippen LogP contribution in [-0.4, -0.2) is 19.6 Å². The van der Waals surface area contributed by atoms with Gasteiger partial charge in [-0.25, -0.2) is 4.79 Å². The molecule has 0 amide bonds. The van der Waals surface area contributed by atoms with Crippen LogP contribution in [0.25, 0.3) is 0 Å². The molecule has 1 rings (SSSR count). The van der Waals surface area contributed by atoms with Gasteiger partial charge in [0.05, 0.1) is 6.61 Å². The Bertz CT molecular complexity index is 259. The van der Waals surface area contributed by atoms with Gasteiger partial charge in [0.2, 0.25) is 0 Å². The fourth-order valence-electron chi connectivity index (χ4n) is 1.09. The van der Waals surface area contributed by atoms with E-state index in [4.69, 9.17) is 4.74 Å². The van der Waals surface area contributed by atoms with Crippen LogP contribution < -0.4 is 5.32 Å². The Hall–Kier alpha value is -0.870. The molecule has 0 aromatic carbocycles. The van der Waals surface area contributed by atoms with E-state index in [1.165, 1.54) is 0 Å². The second-order valence-corrected chi connectivity index (χ2v) is 3.31. The highest BCUT2D eigenvalue weighted by Gasteiger charge is 2.19. The third-order valence-electron chi connectivity index (χ3n) is 1.69. The Morgan fingerprint density at radius 3 is 3.00 bits per heavy atom. The van der Waals surface area contributed by atoms with E-state index in [1.54, 1.807) is 25.3 Å². The predicted octanol–water partition coefficient (Wildman–Crippen LogP) is 1.57. The molecule has 1 atom stereocenters. The van der Waals surface area contributed by atoms with Crippen LogP contribution >= 0.6 is 11.3 Å². The monoisotopic (exact) mass is 199 g/mol. The quantitative estimate of drug-likeness (QED) is 0.748. The minimum atomic E-state index is -0.328. The first-order valence-electron chi connectivity index (χ1n) is 4.15. The van der Waals surface area contributed by atoms with Gasteiger partial charge in [-0.05, 0) is 36.4 Å². The van der Waals surface area contributed by atoms with Gasteiger partial charge >= 0.3 is 5.97 Å². The highest BCUT2D eigenvalue weighted by molar-refractivity contribution is 7.08. The van der Waals surface area contributed by atoms with E-state index in [1.807, 2.05) is 16.8 Å². The number of hydrogen-bond donors (Lipinski definition) is 1. The van der Waals surface area contributed by atoms with Crippen LogP contribution in [0.5, 0.6) is 0 Å². The van der Waals surface area contributed by atoms with Crippen LogP contribution in [0.3, 0.4) is 0 Å². The molecular weight excluding hydrogens is 186 g/mol. The van der Waals surface area contributed by atoms with E-state index in [2.05, 4.69) is 5.32 Å². The van der Waals surface area contributed by atoms with Gasteiger partial charge in [-0.15, -0.1) is 0 Å². The minimum Gasteiger partial charge on any atom is -0.465 e. The summed E-state index contributed by atoms with van der Waals surface area (Å²) in [7, 11) is 1.75. The maximum Gasteiger partial charge on any atom is 0.327 e. The number of carbonyl (C=O) groups excluding carboxylic acids is 1. The molecule has 0 aliphatic rings. The minimum absolute atomic E-state index is 0.219. The topological polar surface area (TPSA) is 38.3 Å². The molecule has 0 aliphatic carbocycles. The van der Waals surface area contributed by atoms with Crippen molar-refractivity contribution in [3.8, 4) is 0 Å². The van der Waals surface area contributed by atoms with Crippen molar-refractivity contribution in [2.75, 3.05) is 13.7 Å². The van der Waals surface area contributed by atoms with E-state index in [9.17, 15) is 4.79 Å². The first kappa shape index (κ1) is 10.2. The average molecular weight is 199 g/mol. The van der Waals surface area contributed by atoms with Crippen molar-refractivity contribution in [3.05, 3.63) is 22.4 Å². The van der Waals surface area contributed by atoms with Crippen molar-refractivity contribution in [3.63, 3.8) is 0 Å². The Balaban J connectivity index is 2.68. The predicted molar refractivity (Wildman–Crippen MR) is 52.8 cm³/mol. The van der Waals surface area contributed by atoms with Crippen molar-refractivity contribution in [2.45, 2.75) is 13.0 Å². The maximum absolute atomic E-state index is 11.4. The van der Waals surface area contributed by atoms with Crippen molar-refractivity contribution < 1.29 is 9.53 Å². The zero-order valence-electron chi connectivity index (χ0n) is 7.74. The molecule has 0 spiro atoms. The molecule has 13 heavy (non-hydrogen) atoms. The van der Waals surface area contributed by atoms with Crippen LogP contribution in [0, 0.1) is 0 Å². The highest BCUT2D eigenvalue weighted by atomic mass is 32.1. The van der Waals surface area contributed by atoms with Gasteiger partial charge in [0.25, 0.3) is 0 Å². The fourth-order valence-corrected chi connectivity index (χ4v) is 1.77. The molecule has 1 heterocycles. The SMILES string of the molecule is CCOC(=O)[C@@H](NC)c1ccsc1. The van der Waals surface area contributed by atoms with Gasteiger partial charge in [0.1, 0.15) is 6.04 Å². The Morgan fingerprint density at radius 1 is 1.77 bits per heavy atom. The number of thiophene rings is 1. The lowest BCUT2D eigenvalue weighted by atomic mass is 10.1. The molecule has 1 aromatic heterocycles. The van der Waals surface area contributed by atoms with Crippen LogP contribution in [0.15, 0.2) is 16.8 Å². The third-order valence-corrected chi connectivity index (χ3v) is 2.39. The molecule has 72 valence electrons. The molecule has 0 fully saturated rings. The summed E-state index contributed by atoms with van der Waals surface area (Å²) < 4.78 is 4.92. The number of esters is 1. The maximum atomic E-state index is 11.4. The molecule has 1 aromatic rings. The summed E-state index contributed by atoms with van der Waals surface area (Å²) in [4.78, 5) is 11.4. The summed E-state index contributed by atoms with van der Waals surface area (Å²) in [5.74, 6) is -0.219. The van der Waals surface area contributed by atoms with Crippen molar-refractivity contribution >= 4 is 17.3 Å². The van der Waals surface area contributed by atoms with Gasteiger partial charge < -0.3 is 10.1 Å². The van der Waals surface area contributed by atoms with Gasteiger partial charge in [-0.1, -0.05) is 0 Å². The van der Waals surface area contributed by atoms with Gasteiger partial charge in [0, 0.05) is 0 Å². The van der Waals surface area contributed by atoms with Crippen molar-refractivity contribution in [1.82, 2.24) is 5.32 Å². The Labute approximate surface area is 81.7 Å². The zero-order chi connectivity index (χ0) is 9.68. The molecule has 0 saturated heterocycles. The lowest BCUT2D eigenvalue weighted by molar-refractivity contribution is -0.145. The Morgan fingerprint density at radius 2 is 2.54 bits per heavy atom. The highest BCUT2D eigenvalue weighted by Crippen LogP contribution is 2.17. The normalized spacial score (nSPS) is 12.5. The van der Waals surface area contributed by atoms with E-state index in [-0.39, 0.29) is 12.0 Å². The molecular formula is C9H13NO2S. The summed E-state index contributed by atoms with van der Waals surface area (Å²) >= 11 is 1.57. The Kier molecular flexibility index (Phi) is 3.92. The van der Waals surface area contributed by atoms with Gasteiger partial charge in [0.15, 0.2) is 0 Å². The second-order valence-electron chi connectivity index (χ2n) is 2.53. The van der Waals surface area contributed by atoms with E-state index < -0.39 is 0 Å². The average Bonchev–Trinajstić information content (AvgIpc) is 2.59. The van der Waals surface area contributed by atoms with Crippen LogP contribution in [0.4, 0.5) is 0 Å². The first-order chi connectivity index (χ1) is 6.29. The third kappa shape index (κ3) is 2.54. The largest absolute Gasteiger partial charge is 0.465 e. The number of rotatable bonds is 4. The van der Waals surface area contributed by atoms with E-state index in [0.717, 1.165) is 5.56 Å². The van der Waals surface area contributed by atoms with Crippen LogP contribution in [0.2, 0.25) is 0 Å². The van der Waals surface area contributed by atoms with Crippen LogP contribution in [-0.2, 0) is 9.53 Å². The molecule has 4 heteroatoms. The summed E-state index contributed by atoms with van der Waals surface area (Å²) in [5, 5.41) is 6.81.